The molecule has 2 aromatic rings. The van der Waals surface area contributed by atoms with Crippen molar-refractivity contribution < 1.29 is 22.8 Å². The second kappa shape index (κ2) is 10.4. The van der Waals surface area contributed by atoms with Crippen LogP contribution in [0.5, 0.6) is 0 Å². The summed E-state index contributed by atoms with van der Waals surface area (Å²) in [5.41, 5.74) is -3.23. The highest BCUT2D eigenvalue weighted by atomic mass is 35.5. The molecule has 0 aliphatic carbocycles. The van der Waals surface area contributed by atoms with Crippen molar-refractivity contribution in [2.45, 2.75) is 29.4 Å². The van der Waals surface area contributed by atoms with Crippen LogP contribution < -0.4 is 10.6 Å². The quantitative estimate of drug-likeness (QED) is 0.597. The van der Waals surface area contributed by atoms with Gasteiger partial charge in [0.25, 0.3) is 5.91 Å². The first-order valence-electron chi connectivity index (χ1n) is 9.58. The molecule has 1 saturated heterocycles. The van der Waals surface area contributed by atoms with E-state index in [0.717, 1.165) is 31.1 Å². The van der Waals surface area contributed by atoms with Crippen molar-refractivity contribution in [1.29, 1.82) is 0 Å². The van der Waals surface area contributed by atoms with E-state index in [1.807, 2.05) is 24.3 Å². The molecule has 3 rings (SSSR count). The number of amides is 2. The van der Waals surface area contributed by atoms with Crippen LogP contribution in [-0.4, -0.2) is 47.9 Å². The maximum absolute atomic E-state index is 12.5. The summed E-state index contributed by atoms with van der Waals surface area (Å²) in [5.74, 6) is -0.942. The van der Waals surface area contributed by atoms with Gasteiger partial charge < -0.3 is 10.6 Å². The molecule has 1 fully saturated rings. The highest BCUT2D eigenvalue weighted by Crippen LogP contribution is 2.36. The van der Waals surface area contributed by atoms with Crippen LogP contribution in [0.25, 0.3) is 0 Å². The summed E-state index contributed by atoms with van der Waals surface area (Å²) >= 11 is 5.60. The topological polar surface area (TPSA) is 61.4 Å². The second-order valence-electron chi connectivity index (χ2n) is 7.17. The molecule has 10 heteroatoms. The van der Waals surface area contributed by atoms with Gasteiger partial charge in [0.15, 0.2) is 0 Å². The molecule has 2 N–H and O–H groups in total. The zero-order chi connectivity index (χ0) is 22.4. The van der Waals surface area contributed by atoms with E-state index in [1.54, 1.807) is 0 Å². The summed E-state index contributed by atoms with van der Waals surface area (Å²) in [7, 11) is 0. The third-order valence-electron chi connectivity index (χ3n) is 4.70. The Morgan fingerprint density at radius 2 is 1.90 bits per heavy atom. The largest absolute Gasteiger partial charge is 0.446 e. The Morgan fingerprint density at radius 3 is 2.61 bits per heavy atom. The molecular formula is C21H21ClF3N3O2S. The summed E-state index contributed by atoms with van der Waals surface area (Å²) < 4.78 is 37.5. The van der Waals surface area contributed by atoms with Crippen molar-refractivity contribution in [3.8, 4) is 0 Å². The number of rotatable bonds is 7. The molecule has 1 heterocycles. The fourth-order valence-corrected chi connectivity index (χ4v) is 4.04. The number of hydrogen-bond acceptors (Lipinski definition) is 4. The van der Waals surface area contributed by atoms with Crippen molar-refractivity contribution in [3.05, 3.63) is 64.7 Å². The highest BCUT2D eigenvalue weighted by Gasteiger charge is 2.29. The lowest BCUT2D eigenvalue weighted by Gasteiger charge is -2.17. The average Bonchev–Trinajstić information content (AvgIpc) is 3.13. The molecule has 1 aliphatic heterocycles. The Kier molecular flexibility index (Phi) is 7.85. The van der Waals surface area contributed by atoms with Crippen molar-refractivity contribution in [3.63, 3.8) is 0 Å². The second-order valence-corrected chi connectivity index (χ2v) is 8.75. The number of carbonyl (C=O) groups excluding carboxylic acids is 2. The molecule has 0 bridgehead atoms. The molecule has 0 aromatic heterocycles. The van der Waals surface area contributed by atoms with E-state index in [2.05, 4.69) is 15.5 Å². The van der Waals surface area contributed by atoms with Gasteiger partial charge in [0.1, 0.15) is 0 Å². The van der Waals surface area contributed by atoms with Gasteiger partial charge in [-0.25, -0.2) is 0 Å². The van der Waals surface area contributed by atoms with Gasteiger partial charge in [0.2, 0.25) is 5.91 Å². The zero-order valence-corrected chi connectivity index (χ0v) is 18.0. The molecule has 0 radical (unpaired) electrons. The Hall–Kier alpha value is -2.23. The minimum atomic E-state index is -4.43. The Bertz CT molecular complexity index is 925. The van der Waals surface area contributed by atoms with Crippen molar-refractivity contribution >= 4 is 35.2 Å². The lowest BCUT2D eigenvalue weighted by atomic mass is 10.2. The molecule has 0 spiro atoms. The molecule has 1 atom stereocenters. The smallest absolute Gasteiger partial charge is 0.350 e. The van der Waals surface area contributed by atoms with Crippen LogP contribution in [0.3, 0.4) is 0 Å². The van der Waals surface area contributed by atoms with E-state index in [0.29, 0.717) is 11.6 Å². The van der Waals surface area contributed by atoms with Crippen molar-refractivity contribution in [1.82, 2.24) is 15.5 Å². The fraction of sp³-hybridized carbons (Fsp3) is 0.333. The third-order valence-corrected chi connectivity index (χ3v) is 5.67. The average molecular weight is 472 g/mol. The first-order chi connectivity index (χ1) is 14.7. The summed E-state index contributed by atoms with van der Waals surface area (Å²) in [5, 5.41) is 6.02. The predicted octanol–water partition coefficient (Wildman–Crippen LogP) is 4.07. The minimum absolute atomic E-state index is 0.0248. The SMILES string of the molecule is O=C(CNC(=O)c1cccc(SC(F)(F)F)c1)NC1CCN(Cc2ccc(Cl)cc2)C1. The Morgan fingerprint density at radius 1 is 1.16 bits per heavy atom. The number of hydrogen-bond donors (Lipinski definition) is 2. The molecule has 1 unspecified atom stereocenters. The zero-order valence-electron chi connectivity index (χ0n) is 16.4. The number of carbonyl (C=O) groups is 2. The number of nitrogens with zero attached hydrogens (tertiary/aromatic N) is 1. The highest BCUT2D eigenvalue weighted by molar-refractivity contribution is 8.00. The maximum Gasteiger partial charge on any atom is 0.446 e. The van der Waals surface area contributed by atoms with Gasteiger partial charge in [-0.2, -0.15) is 13.2 Å². The summed E-state index contributed by atoms with van der Waals surface area (Å²) in [6, 6.07) is 12.8. The maximum atomic E-state index is 12.5. The fourth-order valence-electron chi connectivity index (χ4n) is 3.32. The normalized spacial score (nSPS) is 16.8. The van der Waals surface area contributed by atoms with E-state index in [9.17, 15) is 22.8 Å². The first-order valence-corrected chi connectivity index (χ1v) is 10.8. The van der Waals surface area contributed by atoms with Crippen LogP contribution in [0, 0.1) is 0 Å². The van der Waals surface area contributed by atoms with Gasteiger partial charge in [-0.15, -0.1) is 0 Å². The number of thioether (sulfide) groups is 1. The van der Waals surface area contributed by atoms with E-state index < -0.39 is 11.4 Å². The number of nitrogens with one attached hydrogen (secondary N) is 2. The summed E-state index contributed by atoms with van der Waals surface area (Å²) in [6.07, 6.45) is 0.796. The van der Waals surface area contributed by atoms with E-state index >= 15 is 0 Å². The monoisotopic (exact) mass is 471 g/mol. The van der Waals surface area contributed by atoms with Crippen LogP contribution in [0.4, 0.5) is 13.2 Å². The van der Waals surface area contributed by atoms with Crippen LogP contribution in [-0.2, 0) is 11.3 Å². The van der Waals surface area contributed by atoms with Gasteiger partial charge in [-0.05, 0) is 54.1 Å². The number of halogens is 4. The molecule has 31 heavy (non-hydrogen) atoms. The predicted molar refractivity (Wildman–Crippen MR) is 114 cm³/mol. The molecule has 5 nitrogen and oxygen atoms in total. The minimum Gasteiger partial charge on any atom is -0.350 e. The van der Waals surface area contributed by atoms with Crippen LogP contribution in [0.2, 0.25) is 5.02 Å². The van der Waals surface area contributed by atoms with E-state index in [-0.39, 0.29) is 40.7 Å². The molecule has 166 valence electrons. The van der Waals surface area contributed by atoms with Gasteiger partial charge in [0, 0.05) is 41.2 Å². The van der Waals surface area contributed by atoms with Crippen LogP contribution in [0.1, 0.15) is 22.3 Å². The standard InChI is InChI=1S/C21H21ClF3N3O2S/c22-16-6-4-14(5-7-16)12-28-9-8-17(13-28)27-19(29)11-26-20(30)15-2-1-3-18(10-15)31-21(23,24)25/h1-7,10,17H,8-9,11-13H2,(H,26,30)(H,27,29). The van der Waals surface area contributed by atoms with Crippen LogP contribution in [0.15, 0.2) is 53.4 Å². The number of benzene rings is 2. The summed E-state index contributed by atoms with van der Waals surface area (Å²) in [6.45, 7) is 2.04. The van der Waals surface area contributed by atoms with Gasteiger partial charge >= 0.3 is 5.51 Å². The first kappa shape index (κ1) is 23.4. The van der Waals surface area contributed by atoms with Crippen molar-refractivity contribution in [2.24, 2.45) is 0 Å². The molecule has 0 saturated carbocycles. The van der Waals surface area contributed by atoms with Gasteiger partial charge in [-0.3, -0.25) is 14.5 Å². The summed E-state index contributed by atoms with van der Waals surface area (Å²) in [4.78, 5) is 26.5. The molecule has 2 aromatic carbocycles. The van der Waals surface area contributed by atoms with Gasteiger partial charge in [-0.1, -0.05) is 29.8 Å². The Balaban J connectivity index is 1.42. The molecule has 1 aliphatic rings. The Labute approximate surface area is 187 Å². The number of likely N-dealkylation sites (tertiary alicyclic amines) is 1. The van der Waals surface area contributed by atoms with Gasteiger partial charge in [0.05, 0.1) is 6.54 Å². The van der Waals surface area contributed by atoms with E-state index in [4.69, 9.17) is 11.6 Å². The molecule has 2 amide bonds. The lowest BCUT2D eigenvalue weighted by Crippen LogP contribution is -2.43. The molecular weight excluding hydrogens is 451 g/mol. The van der Waals surface area contributed by atoms with Crippen LogP contribution >= 0.6 is 23.4 Å². The third kappa shape index (κ3) is 7.75. The van der Waals surface area contributed by atoms with Crippen molar-refractivity contribution in [2.75, 3.05) is 19.6 Å². The van der Waals surface area contributed by atoms with E-state index in [1.165, 1.54) is 18.2 Å². The number of alkyl halides is 3. The lowest BCUT2D eigenvalue weighted by molar-refractivity contribution is -0.120.